The van der Waals surface area contributed by atoms with Gasteiger partial charge in [-0.3, -0.25) is 0 Å². The molecule has 0 saturated heterocycles. The normalized spacial score (nSPS) is 16.1. The van der Waals surface area contributed by atoms with E-state index in [9.17, 15) is 8.42 Å². The van der Waals surface area contributed by atoms with E-state index in [-0.39, 0.29) is 23.5 Å². The van der Waals surface area contributed by atoms with Crippen molar-refractivity contribution in [2.75, 3.05) is 12.4 Å². The second-order valence-electron chi connectivity index (χ2n) is 4.51. The van der Waals surface area contributed by atoms with Crippen molar-refractivity contribution in [1.29, 1.82) is 0 Å². The van der Waals surface area contributed by atoms with Crippen molar-refractivity contribution in [2.45, 2.75) is 37.8 Å². The zero-order chi connectivity index (χ0) is 12.5. The van der Waals surface area contributed by atoms with Crippen LogP contribution in [0.25, 0.3) is 0 Å². The van der Waals surface area contributed by atoms with E-state index in [2.05, 4.69) is 4.98 Å². The molecule has 94 valence electrons. The molecule has 1 aromatic heterocycles. The molecule has 1 fully saturated rings. The molecule has 0 unspecified atom stereocenters. The lowest BCUT2D eigenvalue weighted by atomic mass is 10.3. The van der Waals surface area contributed by atoms with Gasteiger partial charge >= 0.3 is 0 Å². The number of aryl methyl sites for hydroxylation is 2. The fourth-order valence-electron chi connectivity index (χ4n) is 1.63. The number of sulfone groups is 1. The standard InChI is InChI=1S/C12H17NO3S/c1-9-7-10(2)13-12(8-9)17(14,15)6-5-16-11-3-4-11/h7-8,11H,3-6H2,1-2H3. The quantitative estimate of drug-likeness (QED) is 0.802. The van der Waals surface area contributed by atoms with E-state index in [0.717, 1.165) is 24.1 Å². The van der Waals surface area contributed by atoms with Crippen molar-refractivity contribution in [1.82, 2.24) is 4.98 Å². The molecular formula is C12H17NO3S. The predicted molar refractivity (Wildman–Crippen MR) is 64.7 cm³/mol. The van der Waals surface area contributed by atoms with E-state index in [4.69, 9.17) is 4.74 Å². The summed E-state index contributed by atoms with van der Waals surface area (Å²) in [5, 5.41) is 0.161. The fraction of sp³-hybridized carbons (Fsp3) is 0.583. The van der Waals surface area contributed by atoms with Crippen molar-refractivity contribution in [3.05, 3.63) is 23.4 Å². The lowest BCUT2D eigenvalue weighted by Gasteiger charge is -2.06. The van der Waals surface area contributed by atoms with Gasteiger partial charge in [-0.15, -0.1) is 0 Å². The first-order valence-electron chi connectivity index (χ1n) is 5.77. The highest BCUT2D eigenvalue weighted by Crippen LogP contribution is 2.23. The van der Waals surface area contributed by atoms with Crippen molar-refractivity contribution in [3.63, 3.8) is 0 Å². The Hall–Kier alpha value is -0.940. The highest BCUT2D eigenvalue weighted by molar-refractivity contribution is 7.91. The van der Waals surface area contributed by atoms with Gasteiger partial charge in [-0.2, -0.15) is 0 Å². The second-order valence-corrected chi connectivity index (χ2v) is 6.57. The third-order valence-electron chi connectivity index (χ3n) is 2.62. The average molecular weight is 255 g/mol. The minimum absolute atomic E-state index is 0.0133. The Kier molecular flexibility index (Phi) is 3.49. The molecule has 1 saturated carbocycles. The van der Waals surface area contributed by atoms with Crippen LogP contribution in [0, 0.1) is 13.8 Å². The molecule has 4 nitrogen and oxygen atoms in total. The fourth-order valence-corrected chi connectivity index (χ4v) is 2.80. The van der Waals surface area contributed by atoms with E-state index in [0.29, 0.717) is 0 Å². The Morgan fingerprint density at radius 1 is 1.35 bits per heavy atom. The molecule has 0 aliphatic heterocycles. The van der Waals surface area contributed by atoms with Crippen LogP contribution in [0.4, 0.5) is 0 Å². The molecule has 0 spiro atoms. The second kappa shape index (κ2) is 4.74. The minimum atomic E-state index is -3.31. The topological polar surface area (TPSA) is 56.3 Å². The first-order chi connectivity index (χ1) is 7.97. The van der Waals surface area contributed by atoms with E-state index in [1.165, 1.54) is 0 Å². The van der Waals surface area contributed by atoms with Gasteiger partial charge in [0.25, 0.3) is 0 Å². The van der Waals surface area contributed by atoms with Gasteiger partial charge in [-0.05, 0) is 44.4 Å². The van der Waals surface area contributed by atoms with Crippen molar-refractivity contribution in [3.8, 4) is 0 Å². The number of pyridine rings is 1. The number of nitrogens with zero attached hydrogens (tertiary/aromatic N) is 1. The third kappa shape index (κ3) is 3.51. The van der Waals surface area contributed by atoms with Gasteiger partial charge in [0.05, 0.1) is 18.5 Å². The highest BCUT2D eigenvalue weighted by Gasteiger charge is 2.24. The molecule has 2 rings (SSSR count). The van der Waals surface area contributed by atoms with Crippen LogP contribution >= 0.6 is 0 Å². The van der Waals surface area contributed by atoms with Crippen molar-refractivity contribution in [2.24, 2.45) is 0 Å². The minimum Gasteiger partial charge on any atom is -0.377 e. The molecule has 0 aromatic carbocycles. The Morgan fingerprint density at radius 2 is 2.06 bits per heavy atom. The summed E-state index contributed by atoms with van der Waals surface area (Å²) in [4.78, 5) is 4.08. The molecule has 0 bridgehead atoms. The van der Waals surface area contributed by atoms with Gasteiger partial charge < -0.3 is 4.74 Å². The van der Waals surface area contributed by atoms with Crippen LogP contribution in [0.3, 0.4) is 0 Å². The van der Waals surface area contributed by atoms with Crippen LogP contribution in [0.5, 0.6) is 0 Å². The van der Waals surface area contributed by atoms with Crippen LogP contribution in [0.2, 0.25) is 0 Å². The summed E-state index contributed by atoms with van der Waals surface area (Å²) in [5.41, 5.74) is 1.64. The molecule has 1 heterocycles. The summed E-state index contributed by atoms with van der Waals surface area (Å²) in [7, 11) is -3.31. The number of hydrogen-bond acceptors (Lipinski definition) is 4. The van der Waals surface area contributed by atoms with Crippen LogP contribution in [0.15, 0.2) is 17.2 Å². The number of rotatable bonds is 5. The highest BCUT2D eigenvalue weighted by atomic mass is 32.2. The summed E-state index contributed by atoms with van der Waals surface area (Å²) in [5.74, 6) is 0.0133. The summed E-state index contributed by atoms with van der Waals surface area (Å²) in [6.07, 6.45) is 2.40. The first kappa shape index (κ1) is 12.5. The molecular weight excluding hydrogens is 238 g/mol. The van der Waals surface area contributed by atoms with E-state index in [1.807, 2.05) is 13.0 Å². The van der Waals surface area contributed by atoms with Gasteiger partial charge in [0, 0.05) is 5.69 Å². The monoisotopic (exact) mass is 255 g/mol. The third-order valence-corrected chi connectivity index (χ3v) is 4.17. The van der Waals surface area contributed by atoms with Gasteiger partial charge in [0.2, 0.25) is 0 Å². The predicted octanol–water partition coefficient (Wildman–Crippen LogP) is 1.65. The van der Waals surface area contributed by atoms with E-state index < -0.39 is 9.84 Å². The van der Waals surface area contributed by atoms with E-state index in [1.54, 1.807) is 13.0 Å². The number of ether oxygens (including phenoxy) is 1. The Morgan fingerprint density at radius 3 is 2.65 bits per heavy atom. The lowest BCUT2D eigenvalue weighted by Crippen LogP contribution is -2.15. The smallest absolute Gasteiger partial charge is 0.197 e. The van der Waals surface area contributed by atoms with Gasteiger partial charge in [0.1, 0.15) is 0 Å². The van der Waals surface area contributed by atoms with Gasteiger partial charge in [0.15, 0.2) is 14.9 Å². The zero-order valence-corrected chi connectivity index (χ0v) is 11.0. The molecule has 0 amide bonds. The maximum Gasteiger partial charge on any atom is 0.197 e. The number of aromatic nitrogens is 1. The van der Waals surface area contributed by atoms with Gasteiger partial charge in [-0.25, -0.2) is 13.4 Å². The summed E-state index contributed by atoms with van der Waals surface area (Å²) in [6, 6.07) is 3.47. The van der Waals surface area contributed by atoms with Crippen LogP contribution < -0.4 is 0 Å². The average Bonchev–Trinajstić information content (AvgIpc) is 3.00. The maximum atomic E-state index is 12.0. The molecule has 17 heavy (non-hydrogen) atoms. The van der Waals surface area contributed by atoms with Crippen molar-refractivity contribution >= 4 is 9.84 Å². The molecule has 5 heteroatoms. The first-order valence-corrected chi connectivity index (χ1v) is 7.42. The largest absolute Gasteiger partial charge is 0.377 e. The Labute approximate surface area is 102 Å². The molecule has 1 aliphatic carbocycles. The SMILES string of the molecule is Cc1cc(C)nc(S(=O)(=O)CCOC2CC2)c1. The Bertz CT molecular complexity index is 486. The summed E-state index contributed by atoms with van der Waals surface area (Å²) in [6.45, 7) is 3.93. The van der Waals surface area contributed by atoms with Gasteiger partial charge in [-0.1, -0.05) is 0 Å². The summed E-state index contributed by atoms with van der Waals surface area (Å²) >= 11 is 0. The molecule has 0 N–H and O–H groups in total. The molecule has 0 atom stereocenters. The Balaban J connectivity index is 2.06. The molecule has 1 aliphatic rings. The molecule has 1 aromatic rings. The lowest BCUT2D eigenvalue weighted by molar-refractivity contribution is 0.134. The van der Waals surface area contributed by atoms with Crippen LogP contribution in [-0.2, 0) is 14.6 Å². The molecule has 0 radical (unpaired) electrons. The number of hydrogen-bond donors (Lipinski definition) is 0. The van der Waals surface area contributed by atoms with Crippen molar-refractivity contribution < 1.29 is 13.2 Å². The van der Waals surface area contributed by atoms with Crippen LogP contribution in [-0.4, -0.2) is 31.9 Å². The van der Waals surface area contributed by atoms with Crippen LogP contribution in [0.1, 0.15) is 24.1 Å². The maximum absolute atomic E-state index is 12.0. The van der Waals surface area contributed by atoms with E-state index >= 15 is 0 Å². The zero-order valence-electron chi connectivity index (χ0n) is 10.1. The summed E-state index contributed by atoms with van der Waals surface area (Å²) < 4.78 is 29.4.